The third-order valence-corrected chi connectivity index (χ3v) is 6.19. The highest BCUT2D eigenvalue weighted by molar-refractivity contribution is 7.89. The molecule has 0 spiro atoms. The summed E-state index contributed by atoms with van der Waals surface area (Å²) in [4.78, 5) is 22.6. The van der Waals surface area contributed by atoms with Gasteiger partial charge in [-0.15, -0.1) is 0 Å². The average molecular weight is 532 g/mol. The number of sulfonamides is 1. The van der Waals surface area contributed by atoms with Crippen LogP contribution in [-0.2, 0) is 19.7 Å². The smallest absolute Gasteiger partial charge is 0.492 e. The highest BCUT2D eigenvalue weighted by Gasteiger charge is 2.43. The van der Waals surface area contributed by atoms with Gasteiger partial charge < -0.3 is 20.2 Å². The van der Waals surface area contributed by atoms with Crippen molar-refractivity contribution in [2.24, 2.45) is 0 Å². The Morgan fingerprint density at radius 3 is 2.26 bits per heavy atom. The number of benzene rings is 2. The molecule has 0 aliphatic heterocycles. The molecule has 2 N–H and O–H groups in total. The number of nitrogens with one attached hydrogen (secondary N) is 2. The Bertz CT molecular complexity index is 1340. The van der Waals surface area contributed by atoms with Gasteiger partial charge >= 0.3 is 12.1 Å². The van der Waals surface area contributed by atoms with E-state index < -0.39 is 27.1 Å². The molecule has 1 heterocycles. The lowest BCUT2D eigenvalue weighted by Gasteiger charge is -2.17. The van der Waals surface area contributed by atoms with Gasteiger partial charge in [0.2, 0.25) is 0 Å². The third-order valence-electron chi connectivity index (χ3n) is 4.28. The van der Waals surface area contributed by atoms with Crippen LogP contribution in [0.1, 0.15) is 0 Å². The molecule has 0 saturated carbocycles. The van der Waals surface area contributed by atoms with Crippen molar-refractivity contribution in [3.8, 4) is 5.75 Å². The molecule has 0 radical (unpaired) electrons. The van der Waals surface area contributed by atoms with Gasteiger partial charge in [-0.2, -0.15) is 13.2 Å². The number of hydrogen-bond acceptors (Lipinski definition) is 9. The molecule has 0 saturated heterocycles. The molecular formula is C20H17ClF3N5O5S. The van der Waals surface area contributed by atoms with E-state index in [1.807, 2.05) is 0 Å². The summed E-state index contributed by atoms with van der Waals surface area (Å²) < 4.78 is 67.3. The monoisotopic (exact) mass is 531 g/mol. The molecule has 0 bridgehead atoms. The van der Waals surface area contributed by atoms with Crippen molar-refractivity contribution >= 4 is 50.6 Å². The van der Waals surface area contributed by atoms with E-state index in [1.54, 1.807) is 18.2 Å². The van der Waals surface area contributed by atoms with Crippen molar-refractivity contribution in [2.45, 2.75) is 11.1 Å². The molecule has 15 heteroatoms. The SMILES string of the molecule is COc1cc(Nc2cc(Nc3cccc(S(=O)(=O)N(C)OC(=O)C(F)(F)F)c3)ncn2)ccc1Cl. The number of aromatic nitrogens is 2. The number of halogens is 4. The average Bonchev–Trinajstić information content (AvgIpc) is 2.80. The van der Waals surface area contributed by atoms with Crippen LogP contribution in [-0.4, -0.2) is 49.2 Å². The number of ether oxygens (including phenoxy) is 1. The zero-order valence-electron chi connectivity index (χ0n) is 18.0. The number of nitrogens with zero attached hydrogens (tertiary/aromatic N) is 3. The minimum Gasteiger partial charge on any atom is -0.495 e. The van der Waals surface area contributed by atoms with Gasteiger partial charge in [-0.05, 0) is 34.8 Å². The molecule has 35 heavy (non-hydrogen) atoms. The van der Waals surface area contributed by atoms with Crippen molar-refractivity contribution in [1.82, 2.24) is 14.4 Å². The summed E-state index contributed by atoms with van der Waals surface area (Å²) in [5, 5.41) is 6.34. The van der Waals surface area contributed by atoms with E-state index in [2.05, 4.69) is 25.4 Å². The molecule has 0 fully saturated rings. The second-order valence-corrected chi connectivity index (χ2v) is 9.05. The number of carbonyl (C=O) groups is 1. The maximum atomic E-state index is 12.5. The molecule has 186 valence electrons. The molecule has 3 aromatic rings. The summed E-state index contributed by atoms with van der Waals surface area (Å²) in [6, 6.07) is 11.6. The summed E-state index contributed by atoms with van der Waals surface area (Å²) in [5.41, 5.74) is 0.861. The standard InChI is InChI=1S/C20H17ClF3N5O5S/c1-29(34-19(30)20(22,23)24)35(31,32)14-5-3-4-12(8-14)27-17-10-18(26-11-25-17)28-13-6-7-15(21)16(9-13)33-2/h3-11H,1-2H3,(H2,25,26,27,28). The largest absolute Gasteiger partial charge is 0.495 e. The second kappa shape index (κ2) is 10.3. The van der Waals surface area contributed by atoms with Gasteiger partial charge in [-0.3, -0.25) is 0 Å². The van der Waals surface area contributed by atoms with Crippen molar-refractivity contribution in [3.05, 3.63) is 59.9 Å². The Hall–Kier alpha value is -3.62. The first-order chi connectivity index (χ1) is 16.4. The van der Waals surface area contributed by atoms with Gasteiger partial charge in [0.25, 0.3) is 10.0 Å². The van der Waals surface area contributed by atoms with Gasteiger partial charge in [0.15, 0.2) is 0 Å². The highest BCUT2D eigenvalue weighted by Crippen LogP contribution is 2.29. The second-order valence-electron chi connectivity index (χ2n) is 6.71. The first-order valence-electron chi connectivity index (χ1n) is 9.48. The van der Waals surface area contributed by atoms with Crippen LogP contribution in [0.3, 0.4) is 0 Å². The molecule has 0 aliphatic carbocycles. The summed E-state index contributed by atoms with van der Waals surface area (Å²) in [7, 11) is -2.44. The van der Waals surface area contributed by atoms with E-state index in [-0.39, 0.29) is 16.0 Å². The van der Waals surface area contributed by atoms with Crippen molar-refractivity contribution in [2.75, 3.05) is 24.8 Å². The zero-order chi connectivity index (χ0) is 25.8. The van der Waals surface area contributed by atoms with E-state index in [1.165, 1.54) is 31.6 Å². The fourth-order valence-electron chi connectivity index (χ4n) is 2.63. The van der Waals surface area contributed by atoms with E-state index >= 15 is 0 Å². The molecule has 0 aliphatic rings. The summed E-state index contributed by atoms with van der Waals surface area (Å²) in [6.45, 7) is 0. The zero-order valence-corrected chi connectivity index (χ0v) is 19.6. The van der Waals surface area contributed by atoms with Crippen LogP contribution in [0.5, 0.6) is 5.75 Å². The van der Waals surface area contributed by atoms with Crippen LogP contribution in [0, 0.1) is 0 Å². The van der Waals surface area contributed by atoms with Crippen LogP contribution in [0.2, 0.25) is 5.02 Å². The van der Waals surface area contributed by atoms with E-state index in [0.29, 0.717) is 29.3 Å². The number of alkyl halides is 3. The number of carbonyl (C=O) groups excluding carboxylic acids is 1. The molecule has 0 amide bonds. The van der Waals surface area contributed by atoms with Crippen molar-refractivity contribution < 1.29 is 36.0 Å². The number of hydrogen-bond donors (Lipinski definition) is 2. The molecule has 1 aromatic heterocycles. The third kappa shape index (κ3) is 6.49. The topological polar surface area (TPSA) is 123 Å². The number of rotatable bonds is 8. The van der Waals surface area contributed by atoms with Crippen LogP contribution >= 0.6 is 11.6 Å². The number of hydroxylamine groups is 1. The lowest BCUT2D eigenvalue weighted by atomic mass is 10.3. The molecule has 0 atom stereocenters. The van der Waals surface area contributed by atoms with Crippen LogP contribution in [0.4, 0.5) is 36.2 Å². The van der Waals surface area contributed by atoms with Gasteiger partial charge in [-0.25, -0.2) is 23.2 Å². The number of methoxy groups -OCH3 is 1. The maximum Gasteiger partial charge on any atom is 0.492 e. The summed E-state index contributed by atoms with van der Waals surface area (Å²) >= 11 is 6.02. The summed E-state index contributed by atoms with van der Waals surface area (Å²) in [5.74, 6) is -1.56. The van der Waals surface area contributed by atoms with Crippen LogP contribution < -0.4 is 15.4 Å². The van der Waals surface area contributed by atoms with Gasteiger partial charge in [0.1, 0.15) is 23.7 Å². The van der Waals surface area contributed by atoms with E-state index in [9.17, 15) is 26.4 Å². The van der Waals surface area contributed by atoms with E-state index in [4.69, 9.17) is 16.3 Å². The molecule has 3 rings (SSSR count). The van der Waals surface area contributed by atoms with Crippen molar-refractivity contribution in [3.63, 3.8) is 0 Å². The lowest BCUT2D eigenvalue weighted by Crippen LogP contribution is -2.36. The fraction of sp³-hybridized carbons (Fsp3) is 0.150. The lowest BCUT2D eigenvalue weighted by molar-refractivity contribution is -0.219. The minimum absolute atomic E-state index is 0.158. The Kier molecular flexibility index (Phi) is 7.67. The Morgan fingerprint density at radius 1 is 1.03 bits per heavy atom. The van der Waals surface area contributed by atoms with E-state index in [0.717, 1.165) is 12.1 Å². The minimum atomic E-state index is -5.36. The summed E-state index contributed by atoms with van der Waals surface area (Å²) in [6.07, 6.45) is -4.11. The van der Waals surface area contributed by atoms with Gasteiger partial charge in [0.05, 0.1) is 17.0 Å². The van der Waals surface area contributed by atoms with Gasteiger partial charge in [0, 0.05) is 30.6 Å². The quantitative estimate of drug-likeness (QED) is 0.410. The predicted molar refractivity (Wildman–Crippen MR) is 120 cm³/mol. The Balaban J connectivity index is 1.77. The normalized spacial score (nSPS) is 11.7. The Morgan fingerprint density at radius 2 is 1.66 bits per heavy atom. The first-order valence-corrected chi connectivity index (χ1v) is 11.3. The van der Waals surface area contributed by atoms with Gasteiger partial charge in [-0.1, -0.05) is 17.7 Å². The molecular weight excluding hydrogens is 515 g/mol. The molecule has 10 nitrogen and oxygen atoms in total. The highest BCUT2D eigenvalue weighted by atomic mass is 35.5. The molecule has 2 aromatic carbocycles. The number of anilines is 4. The first kappa shape index (κ1) is 26.0. The maximum absolute atomic E-state index is 12.5. The van der Waals surface area contributed by atoms with Crippen LogP contribution in [0.25, 0.3) is 0 Å². The van der Waals surface area contributed by atoms with Crippen molar-refractivity contribution in [1.29, 1.82) is 0 Å². The Labute approximate surface area is 202 Å². The van der Waals surface area contributed by atoms with Crippen LogP contribution in [0.15, 0.2) is 59.8 Å². The fourth-order valence-corrected chi connectivity index (χ4v) is 3.81. The predicted octanol–water partition coefficient (Wildman–Crippen LogP) is 4.27. The molecule has 0 unspecified atom stereocenters.